The Labute approximate surface area is 146 Å². The predicted octanol–water partition coefficient (Wildman–Crippen LogP) is 5.32. The summed E-state index contributed by atoms with van der Waals surface area (Å²) in [6.45, 7) is 0. The van der Waals surface area contributed by atoms with Gasteiger partial charge in [-0.2, -0.15) is 0 Å². The highest BCUT2D eigenvalue weighted by Gasteiger charge is 2.39. The highest BCUT2D eigenvalue weighted by Crippen LogP contribution is 2.51. The van der Waals surface area contributed by atoms with E-state index in [1.807, 2.05) is 6.07 Å². The first-order valence-corrected chi connectivity index (χ1v) is 8.50. The molecule has 1 heterocycles. The fourth-order valence-corrected chi connectivity index (χ4v) is 4.20. The molecule has 3 atom stereocenters. The van der Waals surface area contributed by atoms with Gasteiger partial charge in [-0.25, -0.2) is 4.39 Å². The predicted molar refractivity (Wildman–Crippen MR) is 93.5 cm³/mol. The molecule has 1 N–H and O–H groups in total. The number of halogens is 2. The van der Waals surface area contributed by atoms with Crippen molar-refractivity contribution in [2.75, 3.05) is 5.32 Å². The second kappa shape index (κ2) is 5.70. The van der Waals surface area contributed by atoms with Crippen molar-refractivity contribution in [1.82, 2.24) is 0 Å². The summed E-state index contributed by atoms with van der Waals surface area (Å²) in [5.74, 6) is 0.131. The van der Waals surface area contributed by atoms with Crippen LogP contribution in [0.15, 0.2) is 53.0 Å². The fraction of sp³-hybridized carbons (Fsp3) is 0.222. The summed E-state index contributed by atoms with van der Waals surface area (Å²) < 4.78 is 15.2. The highest BCUT2D eigenvalue weighted by atomic mass is 79.9. The lowest BCUT2D eigenvalue weighted by Gasteiger charge is -2.37. The maximum absolute atomic E-state index is 14.4. The van der Waals surface area contributed by atoms with Crippen LogP contribution >= 0.6 is 15.9 Å². The van der Waals surface area contributed by atoms with E-state index in [-0.39, 0.29) is 29.4 Å². The average Bonchev–Trinajstić information content (AvgIpc) is 3.04. The van der Waals surface area contributed by atoms with E-state index in [9.17, 15) is 14.5 Å². The molecule has 0 bridgehead atoms. The van der Waals surface area contributed by atoms with E-state index in [0.717, 1.165) is 22.0 Å². The molecule has 2 aromatic carbocycles. The smallest absolute Gasteiger partial charge is 0.269 e. The molecule has 0 fully saturated rings. The van der Waals surface area contributed by atoms with E-state index >= 15 is 0 Å². The van der Waals surface area contributed by atoms with Gasteiger partial charge in [0, 0.05) is 22.5 Å². The minimum Gasteiger partial charge on any atom is -0.375 e. The van der Waals surface area contributed by atoms with Crippen molar-refractivity contribution in [1.29, 1.82) is 0 Å². The fourth-order valence-electron chi connectivity index (χ4n) is 3.75. The van der Waals surface area contributed by atoms with Crippen LogP contribution in [0.25, 0.3) is 0 Å². The quantitative estimate of drug-likeness (QED) is 0.430. The monoisotopic (exact) mass is 388 g/mol. The third kappa shape index (κ3) is 2.41. The van der Waals surface area contributed by atoms with Crippen LogP contribution in [0.4, 0.5) is 15.8 Å². The Morgan fingerprint density at radius 3 is 2.71 bits per heavy atom. The van der Waals surface area contributed by atoms with E-state index in [0.29, 0.717) is 5.69 Å². The van der Waals surface area contributed by atoms with Crippen LogP contribution in [0.3, 0.4) is 0 Å². The summed E-state index contributed by atoms with van der Waals surface area (Å²) in [6.07, 6.45) is 5.16. The van der Waals surface area contributed by atoms with Crippen molar-refractivity contribution in [3.05, 3.63) is 80.1 Å². The Hall–Kier alpha value is -2.21. The van der Waals surface area contributed by atoms with Gasteiger partial charge in [-0.1, -0.05) is 40.2 Å². The number of anilines is 1. The molecule has 0 amide bonds. The van der Waals surface area contributed by atoms with Gasteiger partial charge in [0.25, 0.3) is 5.69 Å². The van der Waals surface area contributed by atoms with Crippen LogP contribution in [-0.2, 0) is 0 Å². The lowest BCUT2D eigenvalue weighted by molar-refractivity contribution is -0.384. The number of benzene rings is 2. The summed E-state index contributed by atoms with van der Waals surface area (Å²) >= 11 is 3.36. The second-order valence-electron chi connectivity index (χ2n) is 6.18. The van der Waals surface area contributed by atoms with Crippen molar-refractivity contribution in [3.63, 3.8) is 0 Å². The molecule has 1 aliphatic heterocycles. The zero-order valence-electron chi connectivity index (χ0n) is 12.6. The van der Waals surface area contributed by atoms with E-state index in [2.05, 4.69) is 33.4 Å². The van der Waals surface area contributed by atoms with E-state index in [1.165, 1.54) is 18.2 Å². The lowest BCUT2D eigenvalue weighted by Crippen LogP contribution is -2.29. The van der Waals surface area contributed by atoms with Crippen molar-refractivity contribution in [2.24, 2.45) is 5.92 Å². The number of nitro groups is 1. The SMILES string of the molecule is O=[N+]([O-])c1ccc([C@@H]2Nc3c(F)cc(Br)cc3[C@@H]3C=CC[C@@H]32)cc1. The Balaban J connectivity index is 1.76. The van der Waals surface area contributed by atoms with Gasteiger partial charge < -0.3 is 5.32 Å². The first kappa shape index (κ1) is 15.3. The van der Waals surface area contributed by atoms with Crippen molar-refractivity contribution in [2.45, 2.75) is 18.4 Å². The molecule has 0 radical (unpaired) electrons. The molecule has 6 heteroatoms. The largest absolute Gasteiger partial charge is 0.375 e. The Morgan fingerprint density at radius 2 is 2.00 bits per heavy atom. The molecule has 122 valence electrons. The van der Waals surface area contributed by atoms with Gasteiger partial charge in [-0.05, 0) is 35.6 Å². The number of nitrogens with zero attached hydrogens (tertiary/aromatic N) is 1. The first-order chi connectivity index (χ1) is 11.5. The van der Waals surface area contributed by atoms with Gasteiger partial charge in [0.2, 0.25) is 0 Å². The Morgan fingerprint density at radius 1 is 1.25 bits per heavy atom. The summed E-state index contributed by atoms with van der Waals surface area (Å²) in [6, 6.07) is 9.86. The molecule has 0 aromatic heterocycles. The molecule has 4 nitrogen and oxygen atoms in total. The second-order valence-corrected chi connectivity index (χ2v) is 7.09. The number of fused-ring (bicyclic) bond motifs is 3. The molecule has 2 aliphatic rings. The number of nitrogens with one attached hydrogen (secondary N) is 1. The molecule has 0 spiro atoms. The Kier molecular flexibility index (Phi) is 3.64. The molecule has 4 rings (SSSR count). The highest BCUT2D eigenvalue weighted by molar-refractivity contribution is 9.10. The van der Waals surface area contributed by atoms with E-state index < -0.39 is 4.92 Å². The van der Waals surface area contributed by atoms with Gasteiger partial charge in [0.05, 0.1) is 16.7 Å². The van der Waals surface area contributed by atoms with Gasteiger partial charge >= 0.3 is 0 Å². The molecular formula is C18H14BrFN2O2. The van der Waals surface area contributed by atoms with Crippen molar-refractivity contribution < 1.29 is 9.31 Å². The number of hydrogen-bond acceptors (Lipinski definition) is 3. The molecular weight excluding hydrogens is 375 g/mol. The topological polar surface area (TPSA) is 55.2 Å². The minimum absolute atomic E-state index is 0.0613. The average molecular weight is 389 g/mol. The molecule has 2 aromatic rings. The van der Waals surface area contributed by atoms with Gasteiger partial charge in [-0.3, -0.25) is 10.1 Å². The van der Waals surface area contributed by atoms with Crippen LogP contribution in [0.1, 0.15) is 29.5 Å². The molecule has 0 unspecified atom stereocenters. The number of nitro benzene ring substituents is 1. The summed E-state index contributed by atoms with van der Waals surface area (Å²) in [5, 5.41) is 14.2. The van der Waals surface area contributed by atoms with Gasteiger partial charge in [0.1, 0.15) is 5.82 Å². The van der Waals surface area contributed by atoms with Gasteiger partial charge in [-0.15, -0.1) is 0 Å². The summed E-state index contributed by atoms with van der Waals surface area (Å²) in [5.41, 5.74) is 2.48. The number of allylic oxidation sites excluding steroid dienone is 2. The van der Waals surface area contributed by atoms with Crippen LogP contribution in [0, 0.1) is 21.8 Å². The third-order valence-corrected chi connectivity index (χ3v) is 5.31. The molecule has 24 heavy (non-hydrogen) atoms. The Bertz CT molecular complexity index is 851. The van der Waals surface area contributed by atoms with E-state index in [1.54, 1.807) is 12.1 Å². The lowest BCUT2D eigenvalue weighted by atomic mass is 9.77. The van der Waals surface area contributed by atoms with Crippen molar-refractivity contribution in [3.8, 4) is 0 Å². The normalized spacial score (nSPS) is 24.2. The standard InChI is InChI=1S/C18H14BrFN2O2/c19-11-8-15-13-2-1-3-14(13)17(21-18(15)16(20)9-11)10-4-6-12(7-5-10)22(23)24/h1-2,4-9,13-14,17,21H,3H2/t13-,14+,17+/m1/s1. The molecule has 1 aliphatic carbocycles. The van der Waals surface area contributed by atoms with Crippen molar-refractivity contribution >= 4 is 27.3 Å². The maximum atomic E-state index is 14.4. The minimum atomic E-state index is -0.412. The van der Waals surface area contributed by atoms with Gasteiger partial charge in [0.15, 0.2) is 0 Å². The van der Waals surface area contributed by atoms with Crippen LogP contribution in [0.2, 0.25) is 0 Å². The number of rotatable bonds is 2. The maximum Gasteiger partial charge on any atom is 0.269 e. The molecule has 0 saturated carbocycles. The van der Waals surface area contributed by atoms with E-state index in [4.69, 9.17) is 0 Å². The first-order valence-electron chi connectivity index (χ1n) is 7.71. The third-order valence-electron chi connectivity index (χ3n) is 4.85. The summed E-state index contributed by atoms with van der Waals surface area (Å²) in [7, 11) is 0. The number of non-ortho nitro benzene ring substituents is 1. The zero-order valence-corrected chi connectivity index (χ0v) is 14.2. The molecule has 0 saturated heterocycles. The summed E-state index contributed by atoms with van der Waals surface area (Å²) in [4.78, 5) is 10.4. The van der Waals surface area contributed by atoms with Crippen LogP contribution < -0.4 is 5.32 Å². The van der Waals surface area contributed by atoms with Crippen LogP contribution in [-0.4, -0.2) is 4.92 Å². The number of hydrogen-bond donors (Lipinski definition) is 1. The van der Waals surface area contributed by atoms with Crippen LogP contribution in [0.5, 0.6) is 0 Å². The zero-order chi connectivity index (χ0) is 16.8.